The lowest BCUT2D eigenvalue weighted by Gasteiger charge is -2.08. The summed E-state index contributed by atoms with van der Waals surface area (Å²) in [6, 6.07) is 7.60. The highest BCUT2D eigenvalue weighted by atomic mass is 16.5. The second kappa shape index (κ2) is 6.81. The summed E-state index contributed by atoms with van der Waals surface area (Å²) in [4.78, 5) is 15.5. The van der Waals surface area contributed by atoms with Crippen LogP contribution in [0.25, 0.3) is 11.4 Å². The molecule has 6 heteroatoms. The van der Waals surface area contributed by atoms with Crippen molar-refractivity contribution in [2.75, 3.05) is 6.61 Å². The number of rotatable bonds is 6. The first-order valence-corrected chi connectivity index (χ1v) is 6.39. The summed E-state index contributed by atoms with van der Waals surface area (Å²) in [5.41, 5.74) is 1.87. The third-order valence-electron chi connectivity index (χ3n) is 2.61. The highest BCUT2D eigenvalue weighted by molar-refractivity contribution is 5.77. The number of hydrogen-bond donors (Lipinski definition) is 1. The van der Waals surface area contributed by atoms with Crippen molar-refractivity contribution in [1.82, 2.24) is 15.5 Å². The van der Waals surface area contributed by atoms with Gasteiger partial charge in [0.1, 0.15) is 6.61 Å². The lowest BCUT2D eigenvalue weighted by Crippen LogP contribution is -2.28. The maximum absolute atomic E-state index is 11.5. The molecule has 0 aliphatic carbocycles. The zero-order valence-corrected chi connectivity index (χ0v) is 11.5. The van der Waals surface area contributed by atoms with E-state index in [4.69, 9.17) is 9.26 Å². The first-order valence-electron chi connectivity index (χ1n) is 6.39. The monoisotopic (exact) mass is 275 g/mol. The summed E-state index contributed by atoms with van der Waals surface area (Å²) in [5.74, 6) is 0.423. The van der Waals surface area contributed by atoms with Gasteiger partial charge in [0.2, 0.25) is 18.1 Å². The van der Waals surface area contributed by atoms with Gasteiger partial charge in [-0.15, -0.1) is 0 Å². The standard InChI is InChI=1S/C14H17N3O3/c1-10(2)19-8-13(18)15-7-11-3-5-12(6-4-11)14-16-9-20-17-14/h3-6,9-10H,7-8H2,1-2H3,(H,15,18). The van der Waals surface area contributed by atoms with E-state index in [1.54, 1.807) is 0 Å². The van der Waals surface area contributed by atoms with E-state index in [2.05, 4.69) is 15.5 Å². The molecule has 0 aliphatic heterocycles. The molecule has 20 heavy (non-hydrogen) atoms. The highest BCUT2D eigenvalue weighted by Crippen LogP contribution is 2.14. The molecule has 1 aromatic heterocycles. The molecule has 0 bridgehead atoms. The van der Waals surface area contributed by atoms with Crippen molar-refractivity contribution in [3.63, 3.8) is 0 Å². The molecular formula is C14H17N3O3. The van der Waals surface area contributed by atoms with Crippen molar-refractivity contribution in [1.29, 1.82) is 0 Å². The summed E-state index contributed by atoms with van der Waals surface area (Å²) in [7, 11) is 0. The average molecular weight is 275 g/mol. The van der Waals surface area contributed by atoms with Crippen LogP contribution in [-0.2, 0) is 16.1 Å². The van der Waals surface area contributed by atoms with E-state index in [1.165, 1.54) is 6.39 Å². The Morgan fingerprint density at radius 1 is 1.35 bits per heavy atom. The van der Waals surface area contributed by atoms with Crippen LogP contribution < -0.4 is 5.32 Å². The molecule has 6 nitrogen and oxygen atoms in total. The fraction of sp³-hybridized carbons (Fsp3) is 0.357. The number of aromatic nitrogens is 2. The lowest BCUT2D eigenvalue weighted by molar-refractivity contribution is -0.127. The first kappa shape index (κ1) is 14.2. The zero-order valence-electron chi connectivity index (χ0n) is 11.5. The van der Waals surface area contributed by atoms with Crippen LogP contribution in [0.4, 0.5) is 0 Å². The van der Waals surface area contributed by atoms with Gasteiger partial charge >= 0.3 is 0 Å². The molecule has 106 valence electrons. The zero-order chi connectivity index (χ0) is 14.4. The lowest BCUT2D eigenvalue weighted by atomic mass is 10.1. The average Bonchev–Trinajstić information content (AvgIpc) is 2.97. The Hall–Kier alpha value is -2.21. The van der Waals surface area contributed by atoms with Gasteiger partial charge < -0.3 is 14.6 Å². The van der Waals surface area contributed by atoms with Gasteiger partial charge in [0.15, 0.2) is 0 Å². The van der Waals surface area contributed by atoms with Crippen molar-refractivity contribution in [2.45, 2.75) is 26.5 Å². The third kappa shape index (κ3) is 4.17. The van der Waals surface area contributed by atoms with Crippen LogP contribution in [0.5, 0.6) is 0 Å². The largest absolute Gasteiger partial charge is 0.369 e. The molecule has 0 saturated carbocycles. The van der Waals surface area contributed by atoms with E-state index < -0.39 is 0 Å². The molecule has 0 unspecified atom stereocenters. The molecule has 0 radical (unpaired) electrons. The molecule has 0 spiro atoms. The molecule has 0 atom stereocenters. The number of hydrogen-bond acceptors (Lipinski definition) is 5. The topological polar surface area (TPSA) is 77.2 Å². The predicted molar refractivity (Wildman–Crippen MR) is 72.7 cm³/mol. The van der Waals surface area contributed by atoms with E-state index in [9.17, 15) is 4.79 Å². The second-order valence-electron chi connectivity index (χ2n) is 4.59. The van der Waals surface area contributed by atoms with Gasteiger partial charge in [-0.3, -0.25) is 4.79 Å². The third-order valence-corrected chi connectivity index (χ3v) is 2.61. The van der Waals surface area contributed by atoms with Crippen molar-refractivity contribution in [3.05, 3.63) is 36.2 Å². The molecule has 1 aromatic carbocycles. The van der Waals surface area contributed by atoms with Crippen molar-refractivity contribution in [2.24, 2.45) is 0 Å². The van der Waals surface area contributed by atoms with E-state index in [0.717, 1.165) is 11.1 Å². The number of amides is 1. The number of ether oxygens (including phenoxy) is 1. The smallest absolute Gasteiger partial charge is 0.246 e. The Kier molecular flexibility index (Phi) is 4.84. The molecule has 1 N–H and O–H groups in total. The Morgan fingerprint density at radius 2 is 2.10 bits per heavy atom. The summed E-state index contributed by atoms with van der Waals surface area (Å²) < 4.78 is 9.91. The van der Waals surface area contributed by atoms with Crippen molar-refractivity contribution < 1.29 is 14.1 Å². The van der Waals surface area contributed by atoms with E-state index in [0.29, 0.717) is 12.4 Å². The van der Waals surface area contributed by atoms with Crippen molar-refractivity contribution in [3.8, 4) is 11.4 Å². The van der Waals surface area contributed by atoms with Crippen LogP contribution in [0.1, 0.15) is 19.4 Å². The maximum atomic E-state index is 11.5. The number of nitrogens with zero attached hydrogens (tertiary/aromatic N) is 2. The number of nitrogens with one attached hydrogen (secondary N) is 1. The fourth-order valence-corrected chi connectivity index (χ4v) is 1.56. The van der Waals surface area contributed by atoms with Gasteiger partial charge in [0.25, 0.3) is 0 Å². The molecule has 0 fully saturated rings. The number of benzene rings is 1. The Bertz CT molecular complexity index is 535. The van der Waals surface area contributed by atoms with Gasteiger partial charge in [-0.1, -0.05) is 29.4 Å². The van der Waals surface area contributed by atoms with E-state index in [1.807, 2.05) is 38.1 Å². The molecule has 2 aromatic rings. The Balaban J connectivity index is 1.84. The van der Waals surface area contributed by atoms with Crippen LogP contribution in [0.2, 0.25) is 0 Å². The fourth-order valence-electron chi connectivity index (χ4n) is 1.56. The van der Waals surface area contributed by atoms with Crippen LogP contribution in [0.15, 0.2) is 35.2 Å². The molecule has 0 aliphatic rings. The van der Waals surface area contributed by atoms with Gasteiger partial charge in [-0.05, 0) is 19.4 Å². The van der Waals surface area contributed by atoms with Crippen LogP contribution in [0.3, 0.4) is 0 Å². The number of carbonyl (C=O) groups is 1. The summed E-state index contributed by atoms with van der Waals surface area (Å²) >= 11 is 0. The van der Waals surface area contributed by atoms with Crippen LogP contribution in [0, 0.1) is 0 Å². The minimum absolute atomic E-state index is 0.0509. The predicted octanol–water partition coefficient (Wildman–Crippen LogP) is 1.78. The Labute approximate surface area is 117 Å². The normalized spacial score (nSPS) is 10.8. The maximum Gasteiger partial charge on any atom is 0.246 e. The van der Waals surface area contributed by atoms with Crippen molar-refractivity contribution >= 4 is 5.91 Å². The Morgan fingerprint density at radius 3 is 2.70 bits per heavy atom. The molecule has 1 amide bonds. The minimum Gasteiger partial charge on any atom is -0.369 e. The van der Waals surface area contributed by atoms with Gasteiger partial charge in [-0.25, -0.2) is 0 Å². The minimum atomic E-state index is -0.124. The van der Waals surface area contributed by atoms with Gasteiger partial charge in [0, 0.05) is 12.1 Å². The summed E-state index contributed by atoms with van der Waals surface area (Å²) in [6.45, 7) is 4.33. The first-order chi connectivity index (χ1) is 9.65. The highest BCUT2D eigenvalue weighted by Gasteiger charge is 2.05. The van der Waals surface area contributed by atoms with E-state index >= 15 is 0 Å². The van der Waals surface area contributed by atoms with Gasteiger partial charge in [0.05, 0.1) is 6.10 Å². The second-order valence-corrected chi connectivity index (χ2v) is 4.59. The van der Waals surface area contributed by atoms with E-state index in [-0.39, 0.29) is 18.6 Å². The number of carbonyl (C=O) groups excluding carboxylic acids is 1. The van der Waals surface area contributed by atoms with Crippen LogP contribution >= 0.6 is 0 Å². The van der Waals surface area contributed by atoms with Gasteiger partial charge in [-0.2, -0.15) is 4.98 Å². The molecule has 0 saturated heterocycles. The quantitative estimate of drug-likeness (QED) is 0.869. The summed E-state index contributed by atoms with van der Waals surface area (Å²) in [5, 5.41) is 6.55. The van der Waals surface area contributed by atoms with Crippen LogP contribution in [-0.4, -0.2) is 28.8 Å². The SMILES string of the molecule is CC(C)OCC(=O)NCc1ccc(-c2ncon2)cc1. The molecule has 1 heterocycles. The molecule has 2 rings (SSSR count). The summed E-state index contributed by atoms with van der Waals surface area (Å²) in [6.07, 6.45) is 1.34. The molecular weight excluding hydrogens is 258 g/mol.